The van der Waals surface area contributed by atoms with E-state index in [-0.39, 0.29) is 22.4 Å². The van der Waals surface area contributed by atoms with Crippen LogP contribution in [0.15, 0.2) is 78.0 Å². The number of hydrogen-bond acceptors (Lipinski definition) is 7. The molecule has 0 aliphatic carbocycles. The maximum Gasteiger partial charge on any atom is 0.573 e. The molecule has 0 radical (unpaired) electrons. The normalized spacial score (nSPS) is 14.7. The summed E-state index contributed by atoms with van der Waals surface area (Å²) in [7, 11) is 0. The van der Waals surface area contributed by atoms with Crippen LogP contribution in [0.5, 0.6) is 11.5 Å². The highest BCUT2D eigenvalue weighted by Crippen LogP contribution is 2.38. The van der Waals surface area contributed by atoms with Gasteiger partial charge in [0.1, 0.15) is 12.1 Å². The predicted octanol–water partition coefficient (Wildman–Crippen LogP) is 7.21. The number of carbonyl (C=O) groups excluding carboxylic acids is 2. The van der Waals surface area contributed by atoms with Gasteiger partial charge in [-0.15, -0.1) is 31.4 Å². The highest BCUT2D eigenvalue weighted by atomic mass is 32.2. The van der Waals surface area contributed by atoms with Gasteiger partial charge in [-0.2, -0.15) is 4.99 Å². The summed E-state index contributed by atoms with van der Waals surface area (Å²) in [5.74, 6) is -1.37. The average molecular weight is 663 g/mol. The van der Waals surface area contributed by atoms with Gasteiger partial charge in [0.05, 0.1) is 17.1 Å². The van der Waals surface area contributed by atoms with Gasteiger partial charge in [0.2, 0.25) is 5.91 Å². The highest BCUT2D eigenvalue weighted by Gasteiger charge is 2.37. The van der Waals surface area contributed by atoms with Crippen LogP contribution in [0.25, 0.3) is 17.8 Å². The Kier molecular flexibility index (Phi) is 9.04. The van der Waals surface area contributed by atoms with Crippen LogP contribution in [-0.2, 0) is 4.79 Å². The van der Waals surface area contributed by atoms with E-state index in [1.807, 2.05) is 0 Å². The van der Waals surface area contributed by atoms with Gasteiger partial charge in [-0.05, 0) is 72.7 Å². The molecular weight excluding hydrogens is 642 g/mol. The van der Waals surface area contributed by atoms with Crippen molar-refractivity contribution in [2.75, 3.05) is 16.0 Å². The zero-order valence-corrected chi connectivity index (χ0v) is 24.2. The molecule has 1 aliphatic heterocycles. The number of nitrogens with zero attached hydrogens (tertiary/aromatic N) is 5. The molecule has 4 aromatic rings. The van der Waals surface area contributed by atoms with Crippen LogP contribution in [0.4, 0.5) is 42.5 Å². The maximum absolute atomic E-state index is 13.0. The monoisotopic (exact) mass is 662 g/mol. The van der Waals surface area contributed by atoms with Crippen LogP contribution in [0, 0.1) is 6.92 Å². The van der Waals surface area contributed by atoms with E-state index in [1.165, 1.54) is 35.3 Å². The van der Waals surface area contributed by atoms with Crippen molar-refractivity contribution < 1.29 is 45.4 Å². The fraction of sp³-hybridized carbons (Fsp3) is 0.138. The third-order valence-corrected chi connectivity index (χ3v) is 6.90. The van der Waals surface area contributed by atoms with E-state index in [9.17, 15) is 35.9 Å². The molecule has 10 nitrogen and oxygen atoms in total. The van der Waals surface area contributed by atoms with Crippen LogP contribution in [-0.4, -0.2) is 50.3 Å². The van der Waals surface area contributed by atoms with Gasteiger partial charge >= 0.3 is 18.8 Å². The van der Waals surface area contributed by atoms with E-state index in [0.29, 0.717) is 28.3 Å². The predicted molar refractivity (Wildman–Crippen MR) is 158 cm³/mol. The van der Waals surface area contributed by atoms with Crippen molar-refractivity contribution in [1.29, 1.82) is 0 Å². The standard InChI is InChI=1S/C29H20F6N6O4S/c1-17-2-12-23(45-29(33,34)35)22(14-17)41-25(42)15-46-27(41)38-26(43)37-19-6-3-18(4-7-19)5-13-24-36-16-40(39-24)20-8-10-21(11-9-20)44-28(30,31)32/h2-14,16H,15H2,1H3,(H,37,43)/b13-5+,38-27?. The summed E-state index contributed by atoms with van der Waals surface area (Å²) in [6.45, 7) is 1.63. The highest BCUT2D eigenvalue weighted by molar-refractivity contribution is 8.15. The molecule has 238 valence electrons. The molecule has 0 saturated carbocycles. The first kappa shape index (κ1) is 32.1. The molecule has 0 bridgehead atoms. The van der Waals surface area contributed by atoms with Crippen molar-refractivity contribution in [3.05, 3.63) is 90.0 Å². The van der Waals surface area contributed by atoms with E-state index in [0.717, 1.165) is 34.9 Å². The summed E-state index contributed by atoms with van der Waals surface area (Å²) in [4.78, 5) is 34.2. The van der Waals surface area contributed by atoms with Gasteiger partial charge in [0.25, 0.3) is 0 Å². The molecular formula is C29H20F6N6O4S. The van der Waals surface area contributed by atoms with Crippen LogP contribution >= 0.6 is 11.8 Å². The molecule has 46 heavy (non-hydrogen) atoms. The first-order chi connectivity index (χ1) is 21.7. The van der Waals surface area contributed by atoms with E-state index >= 15 is 0 Å². The van der Waals surface area contributed by atoms with Crippen LogP contribution in [0.3, 0.4) is 0 Å². The molecule has 1 saturated heterocycles. The number of amidine groups is 1. The van der Waals surface area contributed by atoms with Crippen molar-refractivity contribution in [2.24, 2.45) is 4.99 Å². The minimum Gasteiger partial charge on any atom is -0.406 e. The number of aromatic nitrogens is 3. The number of nitrogens with one attached hydrogen (secondary N) is 1. The summed E-state index contributed by atoms with van der Waals surface area (Å²) in [5, 5.41) is 6.69. The van der Waals surface area contributed by atoms with Gasteiger partial charge in [-0.3, -0.25) is 9.69 Å². The Bertz CT molecular complexity index is 1800. The molecule has 5 rings (SSSR count). The Morgan fingerprint density at radius 3 is 2.33 bits per heavy atom. The van der Waals surface area contributed by atoms with Gasteiger partial charge in [-0.1, -0.05) is 36.0 Å². The topological polar surface area (TPSA) is 111 Å². The summed E-state index contributed by atoms with van der Waals surface area (Å²) in [6.07, 6.45) is -5.12. The third kappa shape index (κ3) is 8.44. The minimum absolute atomic E-state index is 0.114. The van der Waals surface area contributed by atoms with Gasteiger partial charge in [0.15, 0.2) is 16.7 Å². The fourth-order valence-corrected chi connectivity index (χ4v) is 4.92. The molecule has 1 aromatic heterocycles. The zero-order chi connectivity index (χ0) is 33.1. The summed E-state index contributed by atoms with van der Waals surface area (Å²) in [6, 6.07) is 14.5. The molecule has 17 heteroatoms. The first-order valence-corrected chi connectivity index (χ1v) is 14.0. The number of rotatable bonds is 7. The Labute approximate surface area is 260 Å². The summed E-state index contributed by atoms with van der Waals surface area (Å²) < 4.78 is 85.3. The Morgan fingerprint density at radius 2 is 1.65 bits per heavy atom. The lowest BCUT2D eigenvalue weighted by atomic mass is 10.2. The number of carbonyl (C=O) groups is 2. The Hall–Kier alpha value is -5.32. The van der Waals surface area contributed by atoms with E-state index in [4.69, 9.17) is 0 Å². The molecule has 1 fully saturated rings. The Balaban J connectivity index is 1.22. The van der Waals surface area contributed by atoms with E-state index in [1.54, 1.807) is 43.3 Å². The smallest absolute Gasteiger partial charge is 0.406 e. The maximum atomic E-state index is 13.0. The number of anilines is 2. The van der Waals surface area contributed by atoms with Gasteiger partial charge in [0, 0.05) is 5.69 Å². The number of benzene rings is 3. The number of aliphatic imine (C=N–C) groups is 1. The molecule has 0 unspecified atom stereocenters. The molecule has 1 aliphatic rings. The minimum atomic E-state index is -5.00. The number of aryl methyl sites for hydroxylation is 1. The number of thioether (sulfide) groups is 1. The molecule has 0 atom stereocenters. The van der Waals surface area contributed by atoms with Crippen LogP contribution < -0.4 is 19.7 Å². The van der Waals surface area contributed by atoms with Crippen molar-refractivity contribution in [1.82, 2.24) is 14.8 Å². The number of ether oxygens (including phenoxy) is 2. The van der Waals surface area contributed by atoms with Crippen LogP contribution in [0.1, 0.15) is 17.0 Å². The van der Waals surface area contributed by atoms with Crippen molar-refractivity contribution in [2.45, 2.75) is 19.6 Å². The lowest BCUT2D eigenvalue weighted by Gasteiger charge is -2.21. The second kappa shape index (κ2) is 13.0. The third-order valence-electron chi connectivity index (χ3n) is 5.97. The SMILES string of the molecule is Cc1ccc(OC(F)(F)F)c(N2C(=O)CSC2=NC(=O)Nc2ccc(/C=C/c3ncn(-c4ccc(OC(F)(F)F)cc4)n3)cc2)c1. The fourth-order valence-electron chi connectivity index (χ4n) is 4.06. The average Bonchev–Trinajstić information content (AvgIpc) is 3.59. The zero-order valence-electron chi connectivity index (χ0n) is 23.3. The van der Waals surface area contributed by atoms with Gasteiger partial charge in [-0.25, -0.2) is 14.5 Å². The van der Waals surface area contributed by atoms with E-state index in [2.05, 4.69) is 29.9 Å². The second-order valence-corrected chi connectivity index (χ2v) is 10.3. The largest absolute Gasteiger partial charge is 0.573 e. The first-order valence-electron chi connectivity index (χ1n) is 13.0. The number of alkyl halides is 6. The molecule has 0 spiro atoms. The Morgan fingerprint density at radius 1 is 0.957 bits per heavy atom. The second-order valence-electron chi connectivity index (χ2n) is 9.41. The molecule has 1 N–H and O–H groups in total. The number of urea groups is 1. The number of halogens is 6. The number of hydrogen-bond donors (Lipinski definition) is 1. The van der Waals surface area contributed by atoms with Crippen molar-refractivity contribution in [3.63, 3.8) is 0 Å². The van der Waals surface area contributed by atoms with Crippen LogP contribution in [0.2, 0.25) is 0 Å². The molecule has 2 heterocycles. The number of amides is 3. The lowest BCUT2D eigenvalue weighted by molar-refractivity contribution is -0.275. The van der Waals surface area contributed by atoms with Crippen molar-refractivity contribution in [3.8, 4) is 17.2 Å². The van der Waals surface area contributed by atoms with Gasteiger partial charge < -0.3 is 14.8 Å². The molecule has 3 amide bonds. The summed E-state index contributed by atoms with van der Waals surface area (Å²) >= 11 is 0.894. The summed E-state index contributed by atoms with van der Waals surface area (Å²) in [5.41, 5.74) is 1.88. The van der Waals surface area contributed by atoms with Crippen molar-refractivity contribution >= 4 is 52.4 Å². The molecule has 3 aromatic carbocycles. The lowest BCUT2D eigenvalue weighted by Crippen LogP contribution is -2.31. The quantitative estimate of drug-likeness (QED) is 0.208. The van der Waals surface area contributed by atoms with E-state index < -0.39 is 30.4 Å².